The number of carbonyl (C=O) groups excluding carboxylic acids is 1. The third-order valence-electron chi connectivity index (χ3n) is 2.09. The molecule has 1 rings (SSSR count). The molecule has 17 heavy (non-hydrogen) atoms. The van der Waals surface area contributed by atoms with Crippen molar-refractivity contribution in [2.24, 2.45) is 0 Å². The second kappa shape index (κ2) is 6.54. The van der Waals surface area contributed by atoms with Gasteiger partial charge in [-0.05, 0) is 26.0 Å². The molecule has 0 saturated heterocycles. The van der Waals surface area contributed by atoms with E-state index in [1.54, 1.807) is 0 Å². The zero-order valence-corrected chi connectivity index (χ0v) is 9.97. The monoisotopic (exact) mass is 233 g/mol. The molecule has 0 aliphatic heterocycles. The van der Waals surface area contributed by atoms with Crippen LogP contribution in [0.1, 0.15) is 18.9 Å². The molecule has 1 aromatic rings. The van der Waals surface area contributed by atoms with Gasteiger partial charge in [-0.3, -0.25) is 4.79 Å². The van der Waals surface area contributed by atoms with Crippen LogP contribution in [0.4, 0.5) is 0 Å². The van der Waals surface area contributed by atoms with Crippen molar-refractivity contribution in [1.29, 1.82) is 5.26 Å². The fraction of sp³-hybridized carbons (Fsp3) is 0.385. The molecule has 0 bridgehead atoms. The average molecular weight is 233 g/mol. The van der Waals surface area contributed by atoms with Crippen molar-refractivity contribution in [3.63, 3.8) is 0 Å². The Morgan fingerprint density at radius 2 is 2.06 bits per heavy atom. The number of carbonyl (C=O) groups is 1. The van der Waals surface area contributed by atoms with Crippen molar-refractivity contribution in [3.05, 3.63) is 29.8 Å². The van der Waals surface area contributed by atoms with Crippen LogP contribution in [-0.2, 0) is 9.53 Å². The first kappa shape index (κ1) is 13.0. The summed E-state index contributed by atoms with van der Waals surface area (Å²) in [6.07, 6.45) is -0.568. The van der Waals surface area contributed by atoms with E-state index in [9.17, 15) is 4.79 Å². The Bertz CT molecular complexity index is 406. The number of rotatable bonds is 5. The first-order valence-corrected chi connectivity index (χ1v) is 5.40. The van der Waals surface area contributed by atoms with Gasteiger partial charge in [-0.2, -0.15) is 5.26 Å². The molecule has 0 radical (unpaired) electrons. The molecule has 0 N–H and O–H groups in total. The lowest BCUT2D eigenvalue weighted by molar-refractivity contribution is -0.146. The van der Waals surface area contributed by atoms with E-state index < -0.39 is 12.1 Å². The lowest BCUT2D eigenvalue weighted by atomic mass is 10.2. The lowest BCUT2D eigenvalue weighted by Crippen LogP contribution is -2.15. The van der Waals surface area contributed by atoms with Crippen LogP contribution < -0.4 is 4.74 Å². The maximum absolute atomic E-state index is 11.2. The molecular weight excluding hydrogens is 218 g/mol. The van der Waals surface area contributed by atoms with Crippen molar-refractivity contribution in [2.75, 3.05) is 6.61 Å². The molecule has 1 unspecified atom stereocenters. The maximum atomic E-state index is 11.2. The van der Waals surface area contributed by atoms with Crippen LogP contribution in [0.3, 0.4) is 0 Å². The van der Waals surface area contributed by atoms with Crippen LogP contribution in [0.15, 0.2) is 24.3 Å². The minimum Gasteiger partial charge on any atom is -0.493 e. The number of nitriles is 1. The van der Waals surface area contributed by atoms with Crippen LogP contribution in [0.25, 0.3) is 0 Å². The molecule has 0 saturated carbocycles. The highest BCUT2D eigenvalue weighted by atomic mass is 16.5. The van der Waals surface area contributed by atoms with E-state index in [1.807, 2.05) is 37.3 Å². The Morgan fingerprint density at radius 3 is 2.65 bits per heavy atom. The Balaban J connectivity index is 2.26. The summed E-state index contributed by atoms with van der Waals surface area (Å²) in [6.45, 7) is 3.77. The van der Waals surface area contributed by atoms with E-state index in [2.05, 4.69) is 0 Å². The third-order valence-corrected chi connectivity index (χ3v) is 2.09. The highest BCUT2D eigenvalue weighted by molar-refractivity contribution is 5.69. The van der Waals surface area contributed by atoms with Crippen LogP contribution in [0.5, 0.6) is 5.75 Å². The predicted molar refractivity (Wildman–Crippen MR) is 62.5 cm³/mol. The Hall–Kier alpha value is -2.02. The third kappa shape index (κ3) is 5.03. The van der Waals surface area contributed by atoms with Crippen LogP contribution in [0.2, 0.25) is 0 Å². The average Bonchev–Trinajstić information content (AvgIpc) is 2.31. The molecule has 0 heterocycles. The smallest absolute Gasteiger partial charge is 0.310 e. The lowest BCUT2D eigenvalue weighted by Gasteiger charge is -2.07. The van der Waals surface area contributed by atoms with Crippen molar-refractivity contribution < 1.29 is 14.3 Å². The van der Waals surface area contributed by atoms with Crippen molar-refractivity contribution in [2.45, 2.75) is 26.4 Å². The molecule has 1 atom stereocenters. The standard InChI is InChI=1S/C13H15NO3/c1-10-3-5-12(6-4-10)16-8-7-13(15)17-11(2)9-14/h3-6,11H,7-8H2,1-2H3. The highest BCUT2D eigenvalue weighted by Gasteiger charge is 2.08. The first-order valence-electron chi connectivity index (χ1n) is 5.40. The minimum absolute atomic E-state index is 0.139. The largest absolute Gasteiger partial charge is 0.493 e. The van der Waals surface area contributed by atoms with Gasteiger partial charge in [0.1, 0.15) is 11.8 Å². The second-order valence-corrected chi connectivity index (χ2v) is 3.67. The number of hydrogen-bond donors (Lipinski definition) is 0. The number of benzene rings is 1. The number of nitrogens with zero attached hydrogens (tertiary/aromatic N) is 1. The Kier molecular flexibility index (Phi) is 5.02. The summed E-state index contributed by atoms with van der Waals surface area (Å²) in [6, 6.07) is 9.39. The first-order chi connectivity index (χ1) is 8.11. The quantitative estimate of drug-likeness (QED) is 0.732. The van der Waals surface area contributed by atoms with Crippen molar-refractivity contribution in [1.82, 2.24) is 0 Å². The molecule has 0 fully saturated rings. The van der Waals surface area contributed by atoms with Crippen LogP contribution >= 0.6 is 0 Å². The summed E-state index contributed by atoms with van der Waals surface area (Å²) < 4.78 is 10.1. The normalized spacial score (nSPS) is 11.4. The summed E-state index contributed by atoms with van der Waals surface area (Å²) in [5, 5.41) is 8.45. The van der Waals surface area contributed by atoms with Crippen LogP contribution in [0, 0.1) is 18.3 Å². The van der Waals surface area contributed by atoms with Gasteiger partial charge < -0.3 is 9.47 Å². The Labute approximate surface area is 101 Å². The summed E-state index contributed by atoms with van der Waals surface area (Å²) >= 11 is 0. The highest BCUT2D eigenvalue weighted by Crippen LogP contribution is 2.11. The number of esters is 1. The van der Waals surface area contributed by atoms with E-state index in [-0.39, 0.29) is 13.0 Å². The predicted octanol–water partition coefficient (Wildman–Crippen LogP) is 2.22. The molecule has 90 valence electrons. The molecule has 0 aromatic heterocycles. The van der Waals surface area contributed by atoms with Gasteiger partial charge >= 0.3 is 5.97 Å². The van der Waals surface area contributed by atoms with Gasteiger partial charge in [0.05, 0.1) is 13.0 Å². The summed E-state index contributed by atoms with van der Waals surface area (Å²) in [7, 11) is 0. The second-order valence-electron chi connectivity index (χ2n) is 3.67. The number of hydrogen-bond acceptors (Lipinski definition) is 4. The van der Waals surface area contributed by atoms with Gasteiger partial charge in [-0.1, -0.05) is 17.7 Å². The molecule has 4 heteroatoms. The van der Waals surface area contributed by atoms with E-state index in [0.717, 1.165) is 11.3 Å². The molecular formula is C13H15NO3. The number of aryl methyl sites for hydroxylation is 1. The summed E-state index contributed by atoms with van der Waals surface area (Å²) in [5.74, 6) is 0.294. The molecule has 1 aromatic carbocycles. The molecule has 0 amide bonds. The maximum Gasteiger partial charge on any atom is 0.310 e. The van der Waals surface area contributed by atoms with Gasteiger partial charge in [0, 0.05) is 0 Å². The van der Waals surface area contributed by atoms with E-state index in [4.69, 9.17) is 14.7 Å². The van der Waals surface area contributed by atoms with Gasteiger partial charge in [0.25, 0.3) is 0 Å². The van der Waals surface area contributed by atoms with Gasteiger partial charge in [0.2, 0.25) is 0 Å². The van der Waals surface area contributed by atoms with Gasteiger partial charge in [0.15, 0.2) is 6.10 Å². The summed E-state index contributed by atoms with van der Waals surface area (Å²) in [4.78, 5) is 11.2. The zero-order chi connectivity index (χ0) is 12.7. The van der Waals surface area contributed by atoms with Gasteiger partial charge in [-0.15, -0.1) is 0 Å². The molecule has 0 aliphatic rings. The molecule has 0 spiro atoms. The van der Waals surface area contributed by atoms with Crippen molar-refractivity contribution >= 4 is 5.97 Å². The topological polar surface area (TPSA) is 59.3 Å². The van der Waals surface area contributed by atoms with E-state index in [1.165, 1.54) is 6.92 Å². The fourth-order valence-corrected chi connectivity index (χ4v) is 1.17. The molecule has 4 nitrogen and oxygen atoms in total. The Morgan fingerprint density at radius 1 is 1.41 bits per heavy atom. The van der Waals surface area contributed by atoms with E-state index in [0.29, 0.717) is 0 Å². The van der Waals surface area contributed by atoms with Crippen LogP contribution in [-0.4, -0.2) is 18.7 Å². The fourth-order valence-electron chi connectivity index (χ4n) is 1.17. The van der Waals surface area contributed by atoms with E-state index >= 15 is 0 Å². The van der Waals surface area contributed by atoms with Gasteiger partial charge in [-0.25, -0.2) is 0 Å². The van der Waals surface area contributed by atoms with Crippen molar-refractivity contribution in [3.8, 4) is 11.8 Å². The number of ether oxygens (including phenoxy) is 2. The summed E-state index contributed by atoms with van der Waals surface area (Å²) in [5.41, 5.74) is 1.15. The molecule has 0 aliphatic carbocycles. The zero-order valence-electron chi connectivity index (χ0n) is 9.97. The SMILES string of the molecule is Cc1ccc(OCCC(=O)OC(C)C#N)cc1. The minimum atomic E-state index is -0.707.